The highest BCUT2D eigenvalue weighted by Crippen LogP contribution is 2.26. The number of anilines is 1. The Morgan fingerprint density at radius 2 is 1.92 bits per heavy atom. The maximum absolute atomic E-state index is 12.4. The minimum absolute atomic E-state index is 0.0324. The van der Waals surface area contributed by atoms with Crippen molar-refractivity contribution in [1.29, 1.82) is 0 Å². The first-order chi connectivity index (χ1) is 11.5. The Morgan fingerprint density at radius 3 is 2.54 bits per heavy atom. The van der Waals surface area contributed by atoms with Gasteiger partial charge >= 0.3 is 0 Å². The summed E-state index contributed by atoms with van der Waals surface area (Å²) in [6, 6.07) is 13.6. The number of hydrogen-bond donors (Lipinski definition) is 1. The van der Waals surface area contributed by atoms with Crippen molar-refractivity contribution in [2.45, 2.75) is 23.7 Å². The number of ether oxygens (including phenoxy) is 1. The molecule has 2 aromatic rings. The number of nitro groups is 1. The van der Waals surface area contributed by atoms with Crippen molar-refractivity contribution in [3.63, 3.8) is 0 Å². The molecule has 0 aliphatic carbocycles. The largest absolute Gasteiger partial charge is 0.380 e. The molecule has 1 amide bonds. The lowest BCUT2D eigenvalue weighted by atomic mass is 10.2. The van der Waals surface area contributed by atoms with Crippen LogP contribution in [0.15, 0.2) is 53.4 Å². The van der Waals surface area contributed by atoms with E-state index in [1.54, 1.807) is 26.2 Å². The summed E-state index contributed by atoms with van der Waals surface area (Å²) < 4.78 is 5.13. The van der Waals surface area contributed by atoms with Gasteiger partial charge in [-0.2, -0.15) is 0 Å². The zero-order chi connectivity index (χ0) is 17.5. The summed E-state index contributed by atoms with van der Waals surface area (Å²) >= 11 is 1.34. The predicted molar refractivity (Wildman–Crippen MR) is 94.2 cm³/mol. The lowest BCUT2D eigenvalue weighted by Gasteiger charge is -2.14. The van der Waals surface area contributed by atoms with Gasteiger partial charge in [0, 0.05) is 35.4 Å². The van der Waals surface area contributed by atoms with Crippen molar-refractivity contribution in [3.05, 3.63) is 64.2 Å². The zero-order valence-electron chi connectivity index (χ0n) is 13.4. The van der Waals surface area contributed by atoms with E-state index in [2.05, 4.69) is 5.32 Å². The average molecular weight is 346 g/mol. The summed E-state index contributed by atoms with van der Waals surface area (Å²) in [6.07, 6.45) is 0. The van der Waals surface area contributed by atoms with E-state index in [-0.39, 0.29) is 16.8 Å². The van der Waals surface area contributed by atoms with Crippen LogP contribution >= 0.6 is 11.8 Å². The van der Waals surface area contributed by atoms with Crippen LogP contribution in [0.5, 0.6) is 0 Å². The Labute approximate surface area is 144 Å². The standard InChI is InChI=1S/C17H18N2O4S/c1-12(24-15-9-7-14(8-10-15)19(21)22)17(20)18-16-6-4-3-5-13(16)11-23-2/h3-10,12H,11H2,1-2H3,(H,18,20)/t12-/m0/s1. The normalized spacial score (nSPS) is 11.8. The number of amides is 1. The Hall–Kier alpha value is -2.38. The van der Waals surface area contributed by atoms with Crippen LogP contribution in [0.2, 0.25) is 0 Å². The number of carbonyl (C=O) groups is 1. The Morgan fingerprint density at radius 1 is 1.25 bits per heavy atom. The predicted octanol–water partition coefficient (Wildman–Crippen LogP) is 3.86. The van der Waals surface area contributed by atoms with Gasteiger partial charge in [-0.15, -0.1) is 11.8 Å². The van der Waals surface area contributed by atoms with Crippen LogP contribution < -0.4 is 5.32 Å². The first kappa shape index (κ1) is 18.0. The van der Waals surface area contributed by atoms with Crippen LogP contribution in [0.3, 0.4) is 0 Å². The smallest absolute Gasteiger partial charge is 0.269 e. The van der Waals surface area contributed by atoms with Gasteiger partial charge in [0.15, 0.2) is 0 Å². The molecule has 2 aromatic carbocycles. The summed E-state index contributed by atoms with van der Waals surface area (Å²) in [4.78, 5) is 23.4. The van der Waals surface area contributed by atoms with Gasteiger partial charge in [-0.1, -0.05) is 18.2 Å². The van der Waals surface area contributed by atoms with Crippen LogP contribution in [0.1, 0.15) is 12.5 Å². The highest BCUT2D eigenvalue weighted by Gasteiger charge is 2.16. The summed E-state index contributed by atoms with van der Waals surface area (Å²) in [7, 11) is 1.60. The number of para-hydroxylation sites is 1. The molecule has 0 unspecified atom stereocenters. The van der Waals surface area contributed by atoms with E-state index in [9.17, 15) is 14.9 Å². The van der Waals surface area contributed by atoms with Crippen LogP contribution in [0, 0.1) is 10.1 Å². The number of non-ortho nitro benzene ring substituents is 1. The third-order valence-electron chi connectivity index (χ3n) is 3.30. The topological polar surface area (TPSA) is 81.5 Å². The highest BCUT2D eigenvalue weighted by molar-refractivity contribution is 8.00. The second kappa shape index (κ2) is 8.47. The number of rotatable bonds is 7. The SMILES string of the molecule is COCc1ccccc1NC(=O)[C@H](C)Sc1ccc([N+](=O)[O-])cc1. The van der Waals surface area contributed by atoms with E-state index in [4.69, 9.17) is 4.74 Å². The van der Waals surface area contributed by atoms with Gasteiger partial charge in [0.1, 0.15) is 0 Å². The summed E-state index contributed by atoms with van der Waals surface area (Å²) in [5.41, 5.74) is 1.66. The molecular weight excluding hydrogens is 328 g/mol. The van der Waals surface area contributed by atoms with Crippen LogP contribution in [-0.2, 0) is 16.1 Å². The molecule has 2 rings (SSSR count). The van der Waals surface area contributed by atoms with E-state index in [1.807, 2.05) is 24.3 Å². The van der Waals surface area contributed by atoms with E-state index < -0.39 is 4.92 Å². The maximum atomic E-state index is 12.4. The molecule has 1 atom stereocenters. The number of nitro benzene ring substituents is 1. The second-order valence-electron chi connectivity index (χ2n) is 5.09. The van der Waals surface area contributed by atoms with Crippen molar-refractivity contribution in [2.24, 2.45) is 0 Å². The number of hydrogen-bond acceptors (Lipinski definition) is 5. The van der Waals surface area contributed by atoms with Crippen molar-refractivity contribution in [3.8, 4) is 0 Å². The number of benzene rings is 2. The van der Waals surface area contributed by atoms with Crippen molar-refractivity contribution in [2.75, 3.05) is 12.4 Å². The summed E-state index contributed by atoms with van der Waals surface area (Å²) in [6.45, 7) is 2.21. The molecule has 0 spiro atoms. The molecule has 7 heteroatoms. The van der Waals surface area contributed by atoms with Crippen molar-refractivity contribution < 1.29 is 14.5 Å². The molecule has 0 radical (unpaired) electrons. The lowest BCUT2D eigenvalue weighted by Crippen LogP contribution is -2.23. The van der Waals surface area contributed by atoms with Crippen LogP contribution in [0.25, 0.3) is 0 Å². The maximum Gasteiger partial charge on any atom is 0.269 e. The number of thioether (sulfide) groups is 1. The summed E-state index contributed by atoms with van der Waals surface area (Å²) in [5, 5.41) is 13.2. The minimum Gasteiger partial charge on any atom is -0.380 e. The van der Waals surface area contributed by atoms with E-state index in [1.165, 1.54) is 23.9 Å². The highest BCUT2D eigenvalue weighted by atomic mass is 32.2. The summed E-state index contributed by atoms with van der Waals surface area (Å²) in [5.74, 6) is -0.137. The van der Waals surface area contributed by atoms with Gasteiger partial charge in [0.05, 0.1) is 16.8 Å². The second-order valence-corrected chi connectivity index (χ2v) is 6.50. The average Bonchev–Trinajstić information content (AvgIpc) is 2.57. The monoisotopic (exact) mass is 346 g/mol. The number of methoxy groups -OCH3 is 1. The fourth-order valence-electron chi connectivity index (χ4n) is 2.06. The van der Waals surface area contributed by atoms with E-state index >= 15 is 0 Å². The first-order valence-corrected chi connectivity index (χ1v) is 8.18. The molecule has 0 heterocycles. The molecule has 0 saturated heterocycles. The molecule has 0 aliphatic rings. The fourth-order valence-corrected chi connectivity index (χ4v) is 2.93. The zero-order valence-corrected chi connectivity index (χ0v) is 14.2. The molecule has 0 fully saturated rings. The van der Waals surface area contributed by atoms with Gasteiger partial charge in [-0.3, -0.25) is 14.9 Å². The Balaban J connectivity index is 2.01. The molecule has 0 aliphatic heterocycles. The lowest BCUT2D eigenvalue weighted by molar-refractivity contribution is -0.384. The Bertz CT molecular complexity index is 719. The number of nitrogens with one attached hydrogen (secondary N) is 1. The van der Waals surface area contributed by atoms with Crippen LogP contribution in [0.4, 0.5) is 11.4 Å². The molecule has 0 bridgehead atoms. The third-order valence-corrected chi connectivity index (χ3v) is 4.42. The van der Waals surface area contributed by atoms with Gasteiger partial charge in [-0.25, -0.2) is 0 Å². The van der Waals surface area contributed by atoms with E-state index in [0.717, 1.165) is 16.1 Å². The first-order valence-electron chi connectivity index (χ1n) is 7.30. The molecule has 0 saturated carbocycles. The minimum atomic E-state index is -0.447. The Kier molecular flexibility index (Phi) is 6.34. The molecule has 1 N–H and O–H groups in total. The molecule has 24 heavy (non-hydrogen) atoms. The van der Waals surface area contributed by atoms with Gasteiger partial charge in [0.25, 0.3) is 5.69 Å². The van der Waals surface area contributed by atoms with Gasteiger partial charge < -0.3 is 10.1 Å². The number of carbonyl (C=O) groups excluding carboxylic acids is 1. The van der Waals surface area contributed by atoms with Crippen molar-refractivity contribution >= 4 is 29.0 Å². The van der Waals surface area contributed by atoms with Crippen molar-refractivity contribution in [1.82, 2.24) is 0 Å². The number of nitrogens with zero attached hydrogens (tertiary/aromatic N) is 1. The third kappa shape index (κ3) is 4.81. The fraction of sp³-hybridized carbons (Fsp3) is 0.235. The van der Waals surface area contributed by atoms with E-state index in [0.29, 0.717) is 6.61 Å². The van der Waals surface area contributed by atoms with Crippen LogP contribution in [-0.4, -0.2) is 23.2 Å². The molecule has 126 valence electrons. The van der Waals surface area contributed by atoms with Gasteiger partial charge in [0.2, 0.25) is 5.91 Å². The molecule has 6 nitrogen and oxygen atoms in total. The quantitative estimate of drug-likeness (QED) is 0.468. The molecular formula is C17H18N2O4S. The molecule has 0 aromatic heterocycles. The van der Waals surface area contributed by atoms with Gasteiger partial charge in [-0.05, 0) is 25.1 Å².